The Bertz CT molecular complexity index is 662. The first-order valence-electron chi connectivity index (χ1n) is 5.68. The highest BCUT2D eigenvalue weighted by Crippen LogP contribution is 2.21. The van der Waals surface area contributed by atoms with E-state index in [1.807, 2.05) is 0 Å². The average Bonchev–Trinajstić information content (AvgIpc) is 2.39. The van der Waals surface area contributed by atoms with Crippen LogP contribution in [0.3, 0.4) is 0 Å². The molecule has 104 valence electrons. The lowest BCUT2D eigenvalue weighted by Gasteiger charge is -2.10. The first-order chi connectivity index (χ1) is 9.47. The average molecular weight is 298 g/mol. The summed E-state index contributed by atoms with van der Waals surface area (Å²) < 4.78 is 26.4. The van der Waals surface area contributed by atoms with Crippen molar-refractivity contribution < 1.29 is 18.7 Å². The number of hydrogen-bond donors (Lipinski definition) is 2. The summed E-state index contributed by atoms with van der Waals surface area (Å²) in [6, 6.07) is 7.31. The predicted octanol–water partition coefficient (Wildman–Crippen LogP) is 3.93. The molecule has 6 heteroatoms. The molecule has 0 aliphatic carbocycles. The number of carboxylic acids is 1. The van der Waals surface area contributed by atoms with Gasteiger partial charge in [-0.2, -0.15) is 0 Å². The Labute approximate surface area is 118 Å². The molecular formula is C14H10ClF2NO2. The third kappa shape index (κ3) is 3.24. The lowest BCUT2D eigenvalue weighted by atomic mass is 10.1. The van der Waals surface area contributed by atoms with E-state index in [1.54, 1.807) is 0 Å². The van der Waals surface area contributed by atoms with Gasteiger partial charge in [0.1, 0.15) is 11.6 Å². The van der Waals surface area contributed by atoms with Crippen LogP contribution in [0.15, 0.2) is 36.4 Å². The van der Waals surface area contributed by atoms with Gasteiger partial charge < -0.3 is 10.4 Å². The van der Waals surface area contributed by atoms with Gasteiger partial charge in [-0.3, -0.25) is 0 Å². The largest absolute Gasteiger partial charge is 0.478 e. The zero-order valence-corrected chi connectivity index (χ0v) is 10.9. The van der Waals surface area contributed by atoms with Crippen LogP contribution in [0.4, 0.5) is 14.5 Å². The van der Waals surface area contributed by atoms with Crippen molar-refractivity contribution in [3.05, 3.63) is 64.2 Å². The SMILES string of the molecule is O=C(O)c1ccc(F)c(NCc2ccc(F)cc2Cl)c1. The minimum absolute atomic E-state index is 0.0286. The molecule has 0 aliphatic heterocycles. The van der Waals surface area contributed by atoms with E-state index in [0.29, 0.717) is 5.56 Å². The quantitative estimate of drug-likeness (QED) is 0.899. The van der Waals surface area contributed by atoms with Crippen LogP contribution in [-0.2, 0) is 6.54 Å². The summed E-state index contributed by atoms with van der Waals surface area (Å²) in [5.41, 5.74) is 0.595. The van der Waals surface area contributed by atoms with Crippen LogP contribution in [0.2, 0.25) is 5.02 Å². The highest BCUT2D eigenvalue weighted by Gasteiger charge is 2.09. The van der Waals surface area contributed by atoms with Gasteiger partial charge in [-0.1, -0.05) is 17.7 Å². The Morgan fingerprint density at radius 3 is 2.60 bits per heavy atom. The van der Waals surface area contributed by atoms with Crippen LogP contribution in [0.5, 0.6) is 0 Å². The van der Waals surface area contributed by atoms with Gasteiger partial charge >= 0.3 is 5.97 Å². The minimum Gasteiger partial charge on any atom is -0.478 e. The fraction of sp³-hybridized carbons (Fsp3) is 0.0714. The summed E-state index contributed by atoms with van der Waals surface area (Å²) in [5, 5.41) is 11.8. The van der Waals surface area contributed by atoms with E-state index in [2.05, 4.69) is 5.32 Å². The zero-order chi connectivity index (χ0) is 14.7. The summed E-state index contributed by atoms with van der Waals surface area (Å²) in [6.07, 6.45) is 0. The van der Waals surface area contributed by atoms with Crippen LogP contribution >= 0.6 is 11.6 Å². The molecule has 0 saturated carbocycles. The molecule has 0 atom stereocenters. The molecule has 20 heavy (non-hydrogen) atoms. The Hall–Kier alpha value is -2.14. The van der Waals surface area contributed by atoms with Gasteiger partial charge in [0, 0.05) is 11.6 Å². The van der Waals surface area contributed by atoms with Crippen molar-refractivity contribution in [1.82, 2.24) is 0 Å². The molecule has 0 aromatic heterocycles. The van der Waals surface area contributed by atoms with Crippen molar-refractivity contribution in [2.75, 3.05) is 5.32 Å². The van der Waals surface area contributed by atoms with Crippen LogP contribution < -0.4 is 5.32 Å². The Kier molecular flexibility index (Phi) is 4.20. The molecule has 3 nitrogen and oxygen atoms in total. The topological polar surface area (TPSA) is 49.3 Å². The molecule has 0 fully saturated rings. The van der Waals surface area contributed by atoms with E-state index in [1.165, 1.54) is 24.3 Å². The monoisotopic (exact) mass is 297 g/mol. The van der Waals surface area contributed by atoms with Crippen LogP contribution in [0.1, 0.15) is 15.9 Å². The van der Waals surface area contributed by atoms with E-state index >= 15 is 0 Å². The highest BCUT2D eigenvalue weighted by molar-refractivity contribution is 6.31. The van der Waals surface area contributed by atoms with E-state index in [-0.39, 0.29) is 22.8 Å². The molecule has 2 N–H and O–H groups in total. The second kappa shape index (κ2) is 5.88. The number of aromatic carboxylic acids is 1. The first kappa shape index (κ1) is 14.3. The second-order valence-electron chi connectivity index (χ2n) is 4.09. The standard InChI is InChI=1S/C14H10ClF2NO2/c15-11-6-10(16)3-1-9(11)7-18-13-5-8(14(19)20)2-4-12(13)17/h1-6,18H,7H2,(H,19,20). The van der Waals surface area contributed by atoms with Crippen molar-refractivity contribution in [2.45, 2.75) is 6.54 Å². The minimum atomic E-state index is -1.15. The first-order valence-corrected chi connectivity index (χ1v) is 6.06. The summed E-state index contributed by atoms with van der Waals surface area (Å²) in [7, 11) is 0. The molecule has 0 bridgehead atoms. The molecule has 2 rings (SSSR count). The lowest BCUT2D eigenvalue weighted by Crippen LogP contribution is -2.04. The zero-order valence-electron chi connectivity index (χ0n) is 10.2. The summed E-state index contributed by atoms with van der Waals surface area (Å²) in [4.78, 5) is 10.8. The molecular weight excluding hydrogens is 288 g/mol. The number of nitrogens with one attached hydrogen (secondary N) is 1. The Balaban J connectivity index is 2.18. The third-order valence-electron chi connectivity index (χ3n) is 2.70. The van der Waals surface area contributed by atoms with Crippen molar-refractivity contribution in [1.29, 1.82) is 0 Å². The normalized spacial score (nSPS) is 10.3. The number of carbonyl (C=O) groups is 1. The van der Waals surface area contributed by atoms with Crippen molar-refractivity contribution in [3.8, 4) is 0 Å². The maximum Gasteiger partial charge on any atom is 0.335 e. The van der Waals surface area contributed by atoms with E-state index < -0.39 is 17.6 Å². The van der Waals surface area contributed by atoms with Crippen molar-refractivity contribution >= 4 is 23.3 Å². The fourth-order valence-corrected chi connectivity index (χ4v) is 1.88. The van der Waals surface area contributed by atoms with E-state index in [9.17, 15) is 13.6 Å². The van der Waals surface area contributed by atoms with Gasteiger partial charge in [-0.15, -0.1) is 0 Å². The third-order valence-corrected chi connectivity index (χ3v) is 3.05. The number of halogens is 3. The van der Waals surface area contributed by atoms with Gasteiger partial charge in [0.2, 0.25) is 0 Å². The van der Waals surface area contributed by atoms with Crippen molar-refractivity contribution in [2.24, 2.45) is 0 Å². The van der Waals surface area contributed by atoms with Gasteiger partial charge in [0.15, 0.2) is 0 Å². The molecule has 0 saturated heterocycles. The van der Waals surface area contributed by atoms with E-state index in [0.717, 1.165) is 12.1 Å². The van der Waals surface area contributed by atoms with Gasteiger partial charge in [-0.05, 0) is 35.9 Å². The Morgan fingerprint density at radius 2 is 1.95 bits per heavy atom. The van der Waals surface area contributed by atoms with Gasteiger partial charge in [0.05, 0.1) is 11.3 Å². The van der Waals surface area contributed by atoms with Crippen LogP contribution in [0.25, 0.3) is 0 Å². The second-order valence-corrected chi connectivity index (χ2v) is 4.50. The van der Waals surface area contributed by atoms with Crippen molar-refractivity contribution in [3.63, 3.8) is 0 Å². The van der Waals surface area contributed by atoms with Crippen LogP contribution in [-0.4, -0.2) is 11.1 Å². The molecule has 0 heterocycles. The molecule has 0 unspecified atom stereocenters. The Morgan fingerprint density at radius 1 is 1.20 bits per heavy atom. The molecule has 2 aromatic rings. The van der Waals surface area contributed by atoms with E-state index in [4.69, 9.17) is 16.7 Å². The van der Waals surface area contributed by atoms with Crippen LogP contribution in [0, 0.1) is 11.6 Å². The molecule has 0 radical (unpaired) electrons. The van der Waals surface area contributed by atoms with Gasteiger partial charge in [-0.25, -0.2) is 13.6 Å². The van der Waals surface area contributed by atoms with Gasteiger partial charge in [0.25, 0.3) is 0 Å². The summed E-state index contributed by atoms with van der Waals surface area (Å²) in [5.74, 6) is -2.18. The molecule has 0 aliphatic rings. The summed E-state index contributed by atoms with van der Waals surface area (Å²) in [6.45, 7) is 0.152. The smallest absolute Gasteiger partial charge is 0.335 e. The lowest BCUT2D eigenvalue weighted by molar-refractivity contribution is 0.0697. The summed E-state index contributed by atoms with van der Waals surface area (Å²) >= 11 is 5.85. The molecule has 0 spiro atoms. The number of hydrogen-bond acceptors (Lipinski definition) is 2. The maximum absolute atomic E-state index is 13.6. The maximum atomic E-state index is 13.6. The fourth-order valence-electron chi connectivity index (χ4n) is 1.65. The molecule has 0 amide bonds. The number of benzene rings is 2. The number of rotatable bonds is 4. The predicted molar refractivity (Wildman–Crippen MR) is 72.1 cm³/mol. The molecule has 2 aromatic carbocycles. The number of carboxylic acid groups (broad SMARTS) is 1. The highest BCUT2D eigenvalue weighted by atomic mass is 35.5. The number of anilines is 1.